The van der Waals surface area contributed by atoms with E-state index in [9.17, 15) is 0 Å². The van der Waals surface area contributed by atoms with Crippen LogP contribution in [-0.4, -0.2) is 72.1 Å². The highest BCUT2D eigenvalue weighted by Gasteiger charge is 2.46. The van der Waals surface area contributed by atoms with E-state index in [1.54, 1.807) is 0 Å². The van der Waals surface area contributed by atoms with Crippen molar-refractivity contribution >= 4 is 0 Å². The molecular weight excluding hydrogens is 246 g/mol. The van der Waals surface area contributed by atoms with Gasteiger partial charge in [-0.05, 0) is 65.5 Å². The number of hydrogen-bond acceptors (Lipinski definition) is 3. The Morgan fingerprint density at radius 1 is 0.850 bits per heavy atom. The molecule has 0 aliphatic carbocycles. The summed E-state index contributed by atoms with van der Waals surface area (Å²) in [5.41, 5.74) is 0.692. The van der Waals surface area contributed by atoms with E-state index in [4.69, 9.17) is 0 Å². The number of rotatable bonds is 3. The van der Waals surface area contributed by atoms with Crippen LogP contribution in [0.25, 0.3) is 0 Å². The largest absolute Gasteiger partial charge is 0.300 e. The number of nitrogens with zero attached hydrogens (tertiary/aromatic N) is 3. The Bertz CT molecular complexity index is 323. The zero-order valence-corrected chi connectivity index (χ0v) is 13.9. The Morgan fingerprint density at radius 2 is 1.45 bits per heavy atom. The summed E-state index contributed by atoms with van der Waals surface area (Å²) in [4.78, 5) is 8.09. The molecule has 3 saturated heterocycles. The van der Waals surface area contributed by atoms with Crippen molar-refractivity contribution in [2.24, 2.45) is 5.41 Å². The predicted molar refractivity (Wildman–Crippen MR) is 85.1 cm³/mol. The Morgan fingerprint density at radius 3 is 1.95 bits per heavy atom. The standard InChI is InChI=1S/C17H33N3/c1-14(2)19-8-5-16(11-19)18-9-6-17(7-10-18)12-20(13-17)15(3)4/h14-16H,5-13H2,1-4H3. The molecular formula is C17H33N3. The van der Waals surface area contributed by atoms with Crippen LogP contribution >= 0.6 is 0 Å². The van der Waals surface area contributed by atoms with Gasteiger partial charge in [0, 0.05) is 44.3 Å². The average Bonchev–Trinajstić information content (AvgIpc) is 2.85. The summed E-state index contributed by atoms with van der Waals surface area (Å²) in [6.45, 7) is 17.4. The summed E-state index contributed by atoms with van der Waals surface area (Å²) in [6.07, 6.45) is 4.27. The summed E-state index contributed by atoms with van der Waals surface area (Å²) in [5, 5.41) is 0. The van der Waals surface area contributed by atoms with Gasteiger partial charge in [-0.1, -0.05) is 0 Å². The first-order valence-electron chi connectivity index (χ1n) is 8.71. The highest BCUT2D eigenvalue weighted by atomic mass is 15.3. The topological polar surface area (TPSA) is 9.72 Å². The van der Waals surface area contributed by atoms with Crippen molar-refractivity contribution in [1.29, 1.82) is 0 Å². The molecule has 1 atom stereocenters. The molecule has 0 aromatic carbocycles. The summed E-state index contributed by atoms with van der Waals surface area (Å²) in [7, 11) is 0. The summed E-state index contributed by atoms with van der Waals surface area (Å²) in [6, 6.07) is 2.31. The molecule has 0 saturated carbocycles. The maximum absolute atomic E-state index is 2.80. The molecule has 20 heavy (non-hydrogen) atoms. The van der Waals surface area contributed by atoms with E-state index in [0.29, 0.717) is 5.41 Å². The molecule has 0 N–H and O–H groups in total. The van der Waals surface area contributed by atoms with Crippen LogP contribution in [0, 0.1) is 5.41 Å². The van der Waals surface area contributed by atoms with Crippen molar-refractivity contribution < 1.29 is 0 Å². The van der Waals surface area contributed by atoms with E-state index in [1.165, 1.54) is 58.5 Å². The number of piperidine rings is 1. The van der Waals surface area contributed by atoms with Crippen LogP contribution in [-0.2, 0) is 0 Å². The van der Waals surface area contributed by atoms with Gasteiger partial charge in [-0.25, -0.2) is 0 Å². The van der Waals surface area contributed by atoms with E-state index < -0.39 is 0 Å². The molecule has 0 radical (unpaired) electrons. The van der Waals surface area contributed by atoms with Gasteiger partial charge in [0.2, 0.25) is 0 Å². The fourth-order valence-corrected chi connectivity index (χ4v) is 4.40. The van der Waals surface area contributed by atoms with Gasteiger partial charge in [0.05, 0.1) is 0 Å². The van der Waals surface area contributed by atoms with E-state index in [2.05, 4.69) is 42.4 Å². The number of likely N-dealkylation sites (tertiary alicyclic amines) is 3. The van der Waals surface area contributed by atoms with Crippen molar-refractivity contribution in [2.45, 2.75) is 65.1 Å². The molecule has 3 heterocycles. The second-order valence-electron chi connectivity index (χ2n) is 8.07. The molecule has 3 rings (SSSR count). The van der Waals surface area contributed by atoms with Crippen LogP contribution in [0.2, 0.25) is 0 Å². The van der Waals surface area contributed by atoms with Crippen LogP contribution in [0.4, 0.5) is 0 Å². The Balaban J connectivity index is 1.46. The average molecular weight is 279 g/mol. The molecule has 3 aliphatic rings. The SMILES string of the molecule is CC(C)N1CCC(N2CCC3(CC2)CN(C(C)C)C3)C1. The minimum atomic E-state index is 0.692. The third-order valence-electron chi connectivity index (χ3n) is 6.11. The Hall–Kier alpha value is -0.120. The summed E-state index contributed by atoms with van der Waals surface area (Å²) in [5.74, 6) is 0. The van der Waals surface area contributed by atoms with Gasteiger partial charge in [0.25, 0.3) is 0 Å². The van der Waals surface area contributed by atoms with Crippen molar-refractivity contribution in [3.8, 4) is 0 Å². The minimum absolute atomic E-state index is 0.692. The first-order valence-corrected chi connectivity index (χ1v) is 8.71. The van der Waals surface area contributed by atoms with E-state index >= 15 is 0 Å². The van der Waals surface area contributed by atoms with Crippen LogP contribution < -0.4 is 0 Å². The molecule has 3 aliphatic heterocycles. The Kier molecular flexibility index (Phi) is 4.13. The quantitative estimate of drug-likeness (QED) is 0.785. The molecule has 1 spiro atoms. The monoisotopic (exact) mass is 279 g/mol. The molecule has 0 amide bonds. The maximum Gasteiger partial charge on any atom is 0.0235 e. The fourth-order valence-electron chi connectivity index (χ4n) is 4.40. The minimum Gasteiger partial charge on any atom is -0.300 e. The molecule has 1 unspecified atom stereocenters. The molecule has 0 aromatic heterocycles. The van der Waals surface area contributed by atoms with Crippen LogP contribution in [0.3, 0.4) is 0 Å². The van der Waals surface area contributed by atoms with E-state index in [0.717, 1.165) is 18.1 Å². The Labute approximate surface area is 125 Å². The molecule has 0 bridgehead atoms. The third kappa shape index (κ3) is 2.77. The van der Waals surface area contributed by atoms with Crippen LogP contribution in [0.15, 0.2) is 0 Å². The second kappa shape index (κ2) is 5.58. The van der Waals surface area contributed by atoms with Crippen LogP contribution in [0.1, 0.15) is 47.0 Å². The first kappa shape index (κ1) is 14.8. The van der Waals surface area contributed by atoms with Gasteiger partial charge in [0.15, 0.2) is 0 Å². The molecule has 3 fully saturated rings. The lowest BCUT2D eigenvalue weighted by molar-refractivity contribution is -0.0676. The lowest BCUT2D eigenvalue weighted by atomic mass is 9.71. The molecule has 3 heteroatoms. The van der Waals surface area contributed by atoms with Gasteiger partial charge < -0.3 is 0 Å². The van der Waals surface area contributed by atoms with Gasteiger partial charge >= 0.3 is 0 Å². The highest BCUT2D eigenvalue weighted by molar-refractivity contribution is 5.00. The van der Waals surface area contributed by atoms with Crippen molar-refractivity contribution in [3.63, 3.8) is 0 Å². The van der Waals surface area contributed by atoms with Crippen molar-refractivity contribution in [1.82, 2.24) is 14.7 Å². The van der Waals surface area contributed by atoms with Gasteiger partial charge in [-0.3, -0.25) is 14.7 Å². The van der Waals surface area contributed by atoms with Crippen molar-refractivity contribution in [3.05, 3.63) is 0 Å². The first-order chi connectivity index (χ1) is 9.49. The third-order valence-corrected chi connectivity index (χ3v) is 6.11. The van der Waals surface area contributed by atoms with Crippen LogP contribution in [0.5, 0.6) is 0 Å². The summed E-state index contributed by atoms with van der Waals surface area (Å²) < 4.78 is 0. The number of hydrogen-bond donors (Lipinski definition) is 0. The van der Waals surface area contributed by atoms with E-state index in [1.807, 2.05) is 0 Å². The second-order valence-corrected chi connectivity index (χ2v) is 8.07. The van der Waals surface area contributed by atoms with Gasteiger partial charge in [-0.2, -0.15) is 0 Å². The highest BCUT2D eigenvalue weighted by Crippen LogP contribution is 2.42. The lowest BCUT2D eigenvalue weighted by Crippen LogP contribution is -2.62. The summed E-state index contributed by atoms with van der Waals surface area (Å²) >= 11 is 0. The van der Waals surface area contributed by atoms with Gasteiger partial charge in [0.1, 0.15) is 0 Å². The smallest absolute Gasteiger partial charge is 0.0235 e. The zero-order chi connectivity index (χ0) is 14.3. The molecule has 0 aromatic rings. The normalized spacial score (nSPS) is 32.4. The predicted octanol–water partition coefficient (Wildman–Crippen LogP) is 2.28. The fraction of sp³-hybridized carbons (Fsp3) is 1.00. The molecule has 116 valence electrons. The maximum atomic E-state index is 2.80. The van der Waals surface area contributed by atoms with Gasteiger partial charge in [-0.15, -0.1) is 0 Å². The molecule has 3 nitrogen and oxygen atoms in total. The van der Waals surface area contributed by atoms with Crippen molar-refractivity contribution in [2.75, 3.05) is 39.3 Å². The lowest BCUT2D eigenvalue weighted by Gasteiger charge is -2.56. The van der Waals surface area contributed by atoms with E-state index in [-0.39, 0.29) is 0 Å². The zero-order valence-electron chi connectivity index (χ0n) is 13.9.